The molecule has 2 rings (SSSR count). The summed E-state index contributed by atoms with van der Waals surface area (Å²) in [5.41, 5.74) is -0.463. The third kappa shape index (κ3) is 6.15. The topological polar surface area (TPSA) is 51.7 Å². The fraction of sp³-hybridized carbons (Fsp3) is 0.667. The predicted octanol–water partition coefficient (Wildman–Crippen LogP) is 3.02. The molecule has 0 saturated carbocycles. The zero-order valence-corrected chi connectivity index (χ0v) is 18.4. The van der Waals surface area contributed by atoms with Gasteiger partial charge < -0.3 is 0 Å². The van der Waals surface area contributed by atoms with Gasteiger partial charge in [-0.25, -0.2) is 0 Å². The Kier molecular flexibility index (Phi) is 6.04. The van der Waals surface area contributed by atoms with Crippen molar-refractivity contribution in [2.24, 2.45) is 0 Å². The van der Waals surface area contributed by atoms with Crippen LogP contribution >= 0.6 is 0 Å². The molecule has 1 aromatic heterocycles. The van der Waals surface area contributed by atoms with Crippen molar-refractivity contribution in [1.82, 2.24) is 9.88 Å². The summed E-state index contributed by atoms with van der Waals surface area (Å²) in [4.78, 5) is 18.2. The molecule has 1 fully saturated rings. The maximum atomic E-state index is 12.1. The van der Waals surface area contributed by atoms with Crippen LogP contribution in [-0.4, -0.2) is 61.9 Å². The Hall–Kier alpha value is -0.981. The third-order valence-corrected chi connectivity index (χ3v) is 7.19. The van der Waals surface area contributed by atoms with Crippen LogP contribution < -0.4 is 8.32 Å². The number of amides is 1. The molecule has 2 radical (unpaired) electrons. The molecule has 1 amide bonds. The Morgan fingerprint density at radius 1 is 1.29 bits per heavy atom. The Balaban J connectivity index is 1.87. The van der Waals surface area contributed by atoms with E-state index in [9.17, 15) is 4.79 Å². The van der Waals surface area contributed by atoms with Gasteiger partial charge in [-0.1, -0.05) is 0 Å². The number of ether oxygens (including phenoxy) is 2. The first-order valence-corrected chi connectivity index (χ1v) is 11.2. The van der Waals surface area contributed by atoms with Crippen molar-refractivity contribution in [3.8, 4) is 5.75 Å². The van der Waals surface area contributed by atoms with Crippen molar-refractivity contribution in [3.63, 3.8) is 0 Å². The van der Waals surface area contributed by atoms with Crippen LogP contribution in [0.5, 0.6) is 5.75 Å². The summed E-state index contributed by atoms with van der Waals surface area (Å²) in [7, 11) is 0. The van der Waals surface area contributed by atoms with Gasteiger partial charge >= 0.3 is 155 Å². The molecule has 0 spiro atoms. The van der Waals surface area contributed by atoms with Crippen molar-refractivity contribution in [3.05, 3.63) is 18.5 Å². The van der Waals surface area contributed by atoms with Gasteiger partial charge in [0.1, 0.15) is 0 Å². The maximum absolute atomic E-state index is 12.1. The molecule has 0 bridgehead atoms. The second-order valence-corrected chi connectivity index (χ2v) is 14.9. The minimum absolute atomic E-state index is 0.0890. The van der Waals surface area contributed by atoms with Crippen LogP contribution in [0.2, 0.25) is 3.43 Å². The zero-order chi connectivity index (χ0) is 18.0. The molecule has 5 nitrogen and oxygen atoms in total. The van der Waals surface area contributed by atoms with Crippen LogP contribution in [0.25, 0.3) is 0 Å². The number of hydrogen-bond donors (Lipinski definition) is 0. The molecule has 2 heterocycles. The number of carbonyl (C=O) groups excluding carboxylic acids is 1. The standard InChI is InChI=1S/C14H19N2O3.C4H9.Sn/c1-14(2,3)19-13(17)16-8-6-11(16)10-18-12-5-4-7-15-9-12;1-4(2)3;/h5,7,9,11H,6,8,10H2,1-3H3;1-3H3;/t11-;;/m1../s1. The molecule has 24 heavy (non-hydrogen) atoms. The van der Waals surface area contributed by atoms with E-state index in [4.69, 9.17) is 9.47 Å². The van der Waals surface area contributed by atoms with Crippen molar-refractivity contribution < 1.29 is 14.3 Å². The fourth-order valence-electron chi connectivity index (χ4n) is 2.37. The van der Waals surface area contributed by atoms with Crippen molar-refractivity contribution in [2.75, 3.05) is 13.2 Å². The quantitative estimate of drug-likeness (QED) is 0.678. The van der Waals surface area contributed by atoms with E-state index >= 15 is 0 Å². The number of carbonyl (C=O) groups is 1. The van der Waals surface area contributed by atoms with Crippen LogP contribution in [-0.2, 0) is 4.74 Å². The molecule has 1 aromatic rings. The molecular weight excluding hydrogens is 411 g/mol. The second kappa shape index (κ2) is 7.50. The predicted molar refractivity (Wildman–Crippen MR) is 96.2 cm³/mol. The summed E-state index contributed by atoms with van der Waals surface area (Å²) in [5, 5.41) is 0. The van der Waals surface area contributed by atoms with Crippen LogP contribution in [0.1, 0.15) is 48.0 Å². The summed E-state index contributed by atoms with van der Waals surface area (Å²) in [6.07, 6.45) is 4.41. The molecule has 1 aliphatic heterocycles. The van der Waals surface area contributed by atoms with E-state index in [1.165, 1.54) is 3.58 Å². The van der Waals surface area contributed by atoms with Gasteiger partial charge in [-0.05, 0) is 0 Å². The Bertz CT molecular complexity index is 578. The minimum atomic E-state index is -0.692. The Labute approximate surface area is 155 Å². The van der Waals surface area contributed by atoms with E-state index in [1.807, 2.05) is 27.0 Å². The molecule has 0 unspecified atom stereocenters. The van der Waals surface area contributed by atoms with Gasteiger partial charge in [0.25, 0.3) is 0 Å². The van der Waals surface area contributed by atoms with Crippen LogP contribution in [0.15, 0.2) is 18.5 Å². The molecule has 1 saturated heterocycles. The van der Waals surface area contributed by atoms with Crippen LogP contribution in [0, 0.1) is 0 Å². The van der Waals surface area contributed by atoms with E-state index in [0.717, 1.165) is 18.7 Å². The number of nitrogens with zero attached hydrogens (tertiary/aromatic N) is 2. The zero-order valence-electron chi connectivity index (χ0n) is 15.5. The third-order valence-electron chi connectivity index (χ3n) is 3.45. The normalized spacial score (nSPS) is 18.1. The van der Waals surface area contributed by atoms with E-state index in [2.05, 4.69) is 31.8 Å². The summed E-state index contributed by atoms with van der Waals surface area (Å²) in [6.45, 7) is 13.7. The number of aromatic nitrogens is 1. The SMILES string of the molecule is CC(C)(C)OC(=O)N1CC[C@@H]1COc1cnc[c]([Sn][C](C)(C)C)c1. The average Bonchev–Trinajstić information content (AvgIpc) is 2.33. The molecule has 0 N–H and O–H groups in total. The molecule has 0 aromatic carbocycles. The van der Waals surface area contributed by atoms with Gasteiger partial charge in [-0.15, -0.1) is 0 Å². The molecule has 1 aliphatic rings. The van der Waals surface area contributed by atoms with E-state index in [-0.39, 0.29) is 12.1 Å². The summed E-state index contributed by atoms with van der Waals surface area (Å²) in [6, 6.07) is 2.20. The Morgan fingerprint density at radius 3 is 2.54 bits per heavy atom. The van der Waals surface area contributed by atoms with Crippen LogP contribution in [0.4, 0.5) is 4.79 Å². The molecule has 0 aliphatic carbocycles. The first-order valence-electron chi connectivity index (χ1n) is 8.39. The number of hydrogen-bond acceptors (Lipinski definition) is 4. The first-order chi connectivity index (χ1) is 11.0. The van der Waals surface area contributed by atoms with Crippen molar-refractivity contribution in [1.29, 1.82) is 0 Å². The molecule has 6 heteroatoms. The fourth-order valence-corrected chi connectivity index (χ4v) is 5.85. The first kappa shape index (κ1) is 19.3. The van der Waals surface area contributed by atoms with Crippen molar-refractivity contribution in [2.45, 2.75) is 63.0 Å². The van der Waals surface area contributed by atoms with Gasteiger partial charge in [-0.3, -0.25) is 0 Å². The summed E-state index contributed by atoms with van der Waals surface area (Å²) >= 11 is -0.692. The number of pyridine rings is 1. The van der Waals surface area contributed by atoms with Gasteiger partial charge in [0.15, 0.2) is 0 Å². The monoisotopic (exact) mass is 440 g/mol. The van der Waals surface area contributed by atoms with Gasteiger partial charge in [-0.2, -0.15) is 0 Å². The second-order valence-electron chi connectivity index (χ2n) is 8.21. The van der Waals surface area contributed by atoms with E-state index < -0.39 is 26.7 Å². The van der Waals surface area contributed by atoms with Gasteiger partial charge in [0.05, 0.1) is 0 Å². The van der Waals surface area contributed by atoms with E-state index in [1.54, 1.807) is 11.1 Å². The van der Waals surface area contributed by atoms with Gasteiger partial charge in [0, 0.05) is 0 Å². The van der Waals surface area contributed by atoms with Crippen LogP contribution in [0.3, 0.4) is 0 Å². The summed E-state index contributed by atoms with van der Waals surface area (Å²) in [5.74, 6) is 0.800. The average molecular weight is 439 g/mol. The molecule has 132 valence electrons. The molecular formula is C18H28N2O3Sn. The van der Waals surface area contributed by atoms with Gasteiger partial charge in [0.2, 0.25) is 0 Å². The molecule has 1 atom stereocenters. The summed E-state index contributed by atoms with van der Waals surface area (Å²) < 4.78 is 13.0. The number of likely N-dealkylation sites (tertiary alicyclic amines) is 1. The Morgan fingerprint density at radius 2 is 2.00 bits per heavy atom. The van der Waals surface area contributed by atoms with Crippen molar-refractivity contribution >= 4 is 30.8 Å². The van der Waals surface area contributed by atoms with E-state index in [0.29, 0.717) is 10.0 Å². The number of rotatable bonds is 4.